The van der Waals surface area contributed by atoms with E-state index in [1.165, 1.54) is 5.56 Å². The Bertz CT molecular complexity index is 359. The Hall–Kier alpha value is -1.05. The van der Waals surface area contributed by atoms with Gasteiger partial charge in [-0.15, -0.1) is 0 Å². The Balaban J connectivity index is 3.06. The molecule has 1 N–H and O–H groups in total. The summed E-state index contributed by atoms with van der Waals surface area (Å²) in [7, 11) is 0. The van der Waals surface area contributed by atoms with Crippen molar-refractivity contribution in [1.29, 1.82) is 0 Å². The predicted octanol–water partition coefficient (Wildman–Crippen LogP) is 3.56. The second-order valence-electron chi connectivity index (χ2n) is 4.25. The van der Waals surface area contributed by atoms with E-state index in [0.717, 1.165) is 29.8 Å². The molecule has 0 spiro atoms. The van der Waals surface area contributed by atoms with E-state index >= 15 is 0 Å². The van der Waals surface area contributed by atoms with Crippen molar-refractivity contribution in [3.8, 4) is 0 Å². The number of ketones is 1. The summed E-state index contributed by atoms with van der Waals surface area (Å²) in [5.74, 6) is 0.440. The molecular weight excluding hydrogens is 186 g/mol. The minimum atomic E-state index is 0.168. The van der Waals surface area contributed by atoms with Gasteiger partial charge in [-0.05, 0) is 44.7 Å². The van der Waals surface area contributed by atoms with Gasteiger partial charge in [0, 0.05) is 11.6 Å². The van der Waals surface area contributed by atoms with Crippen LogP contribution in [0.2, 0.25) is 0 Å². The van der Waals surface area contributed by atoms with Gasteiger partial charge < -0.3 is 4.98 Å². The van der Waals surface area contributed by atoms with Crippen LogP contribution in [-0.2, 0) is 0 Å². The van der Waals surface area contributed by atoms with Crippen LogP contribution in [0.3, 0.4) is 0 Å². The maximum atomic E-state index is 12.2. The average molecular weight is 207 g/mol. The van der Waals surface area contributed by atoms with Crippen molar-refractivity contribution in [2.45, 2.75) is 47.5 Å². The normalized spacial score (nSPS) is 11.1. The molecule has 0 atom stereocenters. The summed E-state index contributed by atoms with van der Waals surface area (Å²) in [6.07, 6.45) is 1.85. The van der Waals surface area contributed by atoms with Gasteiger partial charge >= 0.3 is 0 Å². The first-order valence-electron chi connectivity index (χ1n) is 5.72. The lowest BCUT2D eigenvalue weighted by molar-refractivity contribution is 0.0908. The van der Waals surface area contributed by atoms with Crippen molar-refractivity contribution < 1.29 is 4.79 Å². The van der Waals surface area contributed by atoms with E-state index in [-0.39, 0.29) is 11.7 Å². The first-order chi connectivity index (χ1) is 7.02. The maximum absolute atomic E-state index is 12.2. The largest absolute Gasteiger partial charge is 0.356 e. The lowest BCUT2D eigenvalue weighted by Crippen LogP contribution is -2.14. The number of rotatable bonds is 4. The van der Waals surface area contributed by atoms with Gasteiger partial charge in [-0.1, -0.05) is 13.8 Å². The molecule has 0 saturated heterocycles. The summed E-state index contributed by atoms with van der Waals surface area (Å²) in [4.78, 5) is 15.4. The smallest absolute Gasteiger partial charge is 0.182 e. The van der Waals surface area contributed by atoms with Crippen LogP contribution in [-0.4, -0.2) is 10.8 Å². The molecule has 0 aliphatic heterocycles. The third kappa shape index (κ3) is 2.14. The van der Waals surface area contributed by atoms with Crippen molar-refractivity contribution in [3.05, 3.63) is 22.5 Å². The van der Waals surface area contributed by atoms with Crippen molar-refractivity contribution in [1.82, 2.24) is 4.98 Å². The topological polar surface area (TPSA) is 32.9 Å². The molecule has 2 nitrogen and oxygen atoms in total. The minimum absolute atomic E-state index is 0.168. The first kappa shape index (κ1) is 12.0. The van der Waals surface area contributed by atoms with Crippen LogP contribution in [0.1, 0.15) is 54.0 Å². The molecule has 1 aromatic heterocycles. The number of carbonyl (C=O) groups excluding carboxylic acids is 1. The molecule has 0 aliphatic carbocycles. The average Bonchev–Trinajstić information content (AvgIpc) is 2.47. The summed E-state index contributed by atoms with van der Waals surface area (Å²) >= 11 is 0. The van der Waals surface area contributed by atoms with Crippen LogP contribution in [0.5, 0.6) is 0 Å². The molecule has 1 aromatic rings. The zero-order valence-electron chi connectivity index (χ0n) is 10.4. The SMILES string of the molecule is CCC(CC)C(=O)c1[nH]c(C)c(C)c1C. The Morgan fingerprint density at radius 3 is 2.00 bits per heavy atom. The van der Waals surface area contributed by atoms with E-state index in [0.29, 0.717) is 0 Å². The molecule has 1 heterocycles. The van der Waals surface area contributed by atoms with Crippen molar-refractivity contribution >= 4 is 5.78 Å². The molecule has 1 rings (SSSR count). The fourth-order valence-electron chi connectivity index (χ4n) is 1.95. The zero-order valence-corrected chi connectivity index (χ0v) is 10.4. The van der Waals surface area contributed by atoms with Gasteiger partial charge in [0.15, 0.2) is 5.78 Å². The van der Waals surface area contributed by atoms with Gasteiger partial charge in [0.1, 0.15) is 0 Å². The second kappa shape index (κ2) is 4.65. The number of Topliss-reactive ketones (excluding diaryl/α,β-unsaturated/α-hetero) is 1. The molecule has 0 unspecified atom stereocenters. The van der Waals surface area contributed by atoms with Gasteiger partial charge in [-0.3, -0.25) is 4.79 Å². The van der Waals surface area contributed by atoms with E-state index < -0.39 is 0 Å². The zero-order chi connectivity index (χ0) is 11.6. The second-order valence-corrected chi connectivity index (χ2v) is 4.25. The molecule has 0 radical (unpaired) electrons. The summed E-state index contributed by atoms with van der Waals surface area (Å²) < 4.78 is 0. The van der Waals surface area contributed by atoms with Crippen LogP contribution in [0, 0.1) is 26.7 Å². The molecule has 0 aliphatic rings. The van der Waals surface area contributed by atoms with E-state index in [1.54, 1.807) is 0 Å². The summed E-state index contributed by atoms with van der Waals surface area (Å²) in [5.41, 5.74) is 4.26. The van der Waals surface area contributed by atoms with Crippen LogP contribution in [0.15, 0.2) is 0 Å². The predicted molar refractivity (Wildman–Crippen MR) is 63.4 cm³/mol. The van der Waals surface area contributed by atoms with Gasteiger partial charge in [-0.25, -0.2) is 0 Å². The standard InChI is InChI=1S/C13H21NO/c1-6-11(7-2)13(15)12-9(4)8(3)10(5)14-12/h11,14H,6-7H2,1-5H3. The number of aryl methyl sites for hydroxylation is 1. The fraction of sp³-hybridized carbons (Fsp3) is 0.615. The summed E-state index contributed by atoms with van der Waals surface area (Å²) in [5, 5.41) is 0. The highest BCUT2D eigenvalue weighted by atomic mass is 16.1. The van der Waals surface area contributed by atoms with Gasteiger partial charge in [0.05, 0.1) is 5.69 Å². The highest BCUT2D eigenvalue weighted by molar-refractivity contribution is 5.98. The molecular formula is C13H21NO. The first-order valence-corrected chi connectivity index (χ1v) is 5.72. The summed E-state index contributed by atoms with van der Waals surface area (Å²) in [6, 6.07) is 0. The molecule has 0 fully saturated rings. The fourth-order valence-corrected chi connectivity index (χ4v) is 1.95. The van der Waals surface area contributed by atoms with Crippen LogP contribution in [0.25, 0.3) is 0 Å². The van der Waals surface area contributed by atoms with Gasteiger partial charge in [-0.2, -0.15) is 0 Å². The molecule has 84 valence electrons. The van der Waals surface area contributed by atoms with Gasteiger partial charge in [0.25, 0.3) is 0 Å². The van der Waals surface area contributed by atoms with Crippen LogP contribution >= 0.6 is 0 Å². The highest BCUT2D eigenvalue weighted by Crippen LogP contribution is 2.22. The summed E-state index contributed by atoms with van der Waals surface area (Å²) in [6.45, 7) is 10.2. The third-order valence-corrected chi connectivity index (χ3v) is 3.42. The van der Waals surface area contributed by atoms with Crippen LogP contribution in [0.4, 0.5) is 0 Å². The maximum Gasteiger partial charge on any atom is 0.182 e. The van der Waals surface area contributed by atoms with Crippen molar-refractivity contribution in [3.63, 3.8) is 0 Å². The highest BCUT2D eigenvalue weighted by Gasteiger charge is 2.21. The Kier molecular flexibility index (Phi) is 3.72. The van der Waals surface area contributed by atoms with Crippen molar-refractivity contribution in [2.75, 3.05) is 0 Å². The van der Waals surface area contributed by atoms with Gasteiger partial charge in [0.2, 0.25) is 0 Å². The van der Waals surface area contributed by atoms with E-state index in [4.69, 9.17) is 0 Å². The number of H-pyrrole nitrogens is 1. The number of carbonyl (C=O) groups is 1. The number of aromatic nitrogens is 1. The monoisotopic (exact) mass is 207 g/mol. The molecule has 0 bridgehead atoms. The molecule has 2 heteroatoms. The number of nitrogens with one attached hydrogen (secondary N) is 1. The Labute approximate surface area is 92.1 Å². The van der Waals surface area contributed by atoms with E-state index in [2.05, 4.69) is 25.8 Å². The third-order valence-electron chi connectivity index (χ3n) is 3.42. The lowest BCUT2D eigenvalue weighted by Gasteiger charge is -2.10. The Morgan fingerprint density at radius 2 is 1.67 bits per heavy atom. The molecule has 15 heavy (non-hydrogen) atoms. The van der Waals surface area contributed by atoms with E-state index in [1.807, 2.05) is 13.8 Å². The van der Waals surface area contributed by atoms with Crippen LogP contribution < -0.4 is 0 Å². The number of hydrogen-bond acceptors (Lipinski definition) is 1. The van der Waals surface area contributed by atoms with Crippen molar-refractivity contribution in [2.24, 2.45) is 5.92 Å². The molecule has 0 aromatic carbocycles. The lowest BCUT2D eigenvalue weighted by atomic mass is 9.94. The Morgan fingerprint density at radius 1 is 1.13 bits per heavy atom. The number of hydrogen-bond donors (Lipinski definition) is 1. The number of aromatic amines is 1. The molecule has 0 amide bonds. The van der Waals surface area contributed by atoms with E-state index in [9.17, 15) is 4.79 Å². The molecule has 0 saturated carbocycles. The quantitative estimate of drug-likeness (QED) is 0.752. The minimum Gasteiger partial charge on any atom is -0.356 e.